The minimum Gasteiger partial charge on any atom is -0.490 e. The quantitative estimate of drug-likeness (QED) is 0.379. The van der Waals surface area contributed by atoms with E-state index in [0.717, 1.165) is 26.4 Å². The molecule has 3 aromatic rings. The van der Waals surface area contributed by atoms with Gasteiger partial charge in [0.15, 0.2) is 0 Å². The summed E-state index contributed by atoms with van der Waals surface area (Å²) in [5.41, 5.74) is 1.45. The third-order valence-electron chi connectivity index (χ3n) is 6.05. The molecule has 2 aliphatic rings. The maximum atomic E-state index is 12.5. The van der Waals surface area contributed by atoms with Crippen molar-refractivity contribution in [1.29, 1.82) is 0 Å². The lowest BCUT2D eigenvalue weighted by molar-refractivity contribution is -0.205. The highest BCUT2D eigenvalue weighted by atomic mass is 35.5. The van der Waals surface area contributed by atoms with Crippen LogP contribution in [-0.4, -0.2) is 41.2 Å². The number of aromatic amines is 1. The molecule has 5 rings (SSSR count). The Balaban J connectivity index is 1.12. The average Bonchev–Trinajstić information content (AvgIpc) is 3.11. The molecule has 0 bridgehead atoms. The van der Waals surface area contributed by atoms with Crippen molar-refractivity contribution in [2.24, 2.45) is 5.41 Å². The van der Waals surface area contributed by atoms with E-state index in [4.69, 9.17) is 27.9 Å². The van der Waals surface area contributed by atoms with E-state index in [1.54, 1.807) is 12.3 Å². The number of aromatic nitrogens is 1. The third kappa shape index (κ3) is 4.34. The number of carbonyl (C=O) groups excluding carboxylic acids is 1. The predicted molar refractivity (Wildman–Crippen MR) is 123 cm³/mol. The number of benzene rings is 2. The molecule has 33 heavy (non-hydrogen) atoms. The molecule has 1 saturated heterocycles. The molecule has 1 aliphatic carbocycles. The van der Waals surface area contributed by atoms with Crippen LogP contribution in [0.3, 0.4) is 0 Å². The first-order valence-corrected chi connectivity index (χ1v) is 11.7. The third-order valence-corrected chi connectivity index (χ3v) is 7.49. The zero-order valence-corrected chi connectivity index (χ0v) is 19.3. The van der Waals surface area contributed by atoms with Crippen LogP contribution in [0.25, 0.3) is 10.9 Å². The highest BCUT2D eigenvalue weighted by molar-refractivity contribution is 8.00. The van der Waals surface area contributed by atoms with Gasteiger partial charge in [0.25, 0.3) is 0 Å². The number of ether oxygens (including phenoxy) is 1. The lowest BCUT2D eigenvalue weighted by Gasteiger charge is -2.58. The molecule has 2 fully saturated rings. The van der Waals surface area contributed by atoms with Crippen molar-refractivity contribution in [3.63, 3.8) is 0 Å². The number of nitrogens with zero attached hydrogens (tertiary/aromatic N) is 1. The Hall–Kier alpha value is -2.23. The number of carbonyl (C=O) groups is 1. The Morgan fingerprint density at radius 1 is 1.12 bits per heavy atom. The van der Waals surface area contributed by atoms with E-state index in [0.29, 0.717) is 28.6 Å². The van der Waals surface area contributed by atoms with Gasteiger partial charge in [0.2, 0.25) is 0 Å². The van der Waals surface area contributed by atoms with Crippen LogP contribution in [0.4, 0.5) is 18.9 Å². The van der Waals surface area contributed by atoms with E-state index in [9.17, 15) is 18.0 Å². The SMILES string of the molecule is O=C(N1CC2(CC(Oc3ccc(SNc4ccc(Cl)c5c(Cl)c[nH]c45)cc3)C2)C1)C(F)(F)F. The van der Waals surface area contributed by atoms with Gasteiger partial charge in [-0.05, 0) is 61.2 Å². The fourth-order valence-electron chi connectivity index (χ4n) is 4.48. The van der Waals surface area contributed by atoms with E-state index in [1.807, 2.05) is 30.3 Å². The Labute approximate surface area is 201 Å². The van der Waals surface area contributed by atoms with Crippen LogP contribution in [0.15, 0.2) is 47.5 Å². The first-order chi connectivity index (χ1) is 15.6. The molecule has 1 spiro atoms. The number of hydrogen-bond donors (Lipinski definition) is 2. The zero-order valence-electron chi connectivity index (χ0n) is 17.0. The summed E-state index contributed by atoms with van der Waals surface area (Å²) in [6.45, 7) is 0.298. The Morgan fingerprint density at radius 2 is 1.82 bits per heavy atom. The molecule has 1 aromatic heterocycles. The van der Waals surface area contributed by atoms with Gasteiger partial charge in [-0.3, -0.25) is 4.79 Å². The summed E-state index contributed by atoms with van der Waals surface area (Å²) in [5, 5.41) is 1.90. The molecule has 2 heterocycles. The van der Waals surface area contributed by atoms with Crippen molar-refractivity contribution in [3.05, 3.63) is 52.6 Å². The van der Waals surface area contributed by atoms with E-state index in [2.05, 4.69) is 9.71 Å². The summed E-state index contributed by atoms with van der Waals surface area (Å²) in [4.78, 5) is 16.2. The zero-order chi connectivity index (χ0) is 23.4. The normalized spacial score (nSPS) is 17.7. The molecular formula is C22H18Cl2F3N3O2S. The van der Waals surface area contributed by atoms with Crippen molar-refractivity contribution in [2.75, 3.05) is 17.8 Å². The van der Waals surface area contributed by atoms with Crippen molar-refractivity contribution in [1.82, 2.24) is 9.88 Å². The number of alkyl halides is 3. The second kappa shape index (κ2) is 8.21. The van der Waals surface area contributed by atoms with Crippen molar-refractivity contribution in [3.8, 4) is 5.75 Å². The molecule has 0 radical (unpaired) electrons. The summed E-state index contributed by atoms with van der Waals surface area (Å²) < 4.78 is 46.7. The Kier molecular flexibility index (Phi) is 5.61. The molecule has 2 aromatic carbocycles. The van der Waals surface area contributed by atoms with Crippen LogP contribution in [0.2, 0.25) is 10.0 Å². The topological polar surface area (TPSA) is 57.4 Å². The Morgan fingerprint density at radius 3 is 2.48 bits per heavy atom. The number of nitrogens with one attached hydrogen (secondary N) is 2. The van der Waals surface area contributed by atoms with Gasteiger partial charge >= 0.3 is 12.1 Å². The average molecular weight is 516 g/mol. The van der Waals surface area contributed by atoms with Crippen LogP contribution in [0, 0.1) is 5.41 Å². The standard InChI is InChI=1S/C22H18Cl2F3N3O2S/c23-15-5-6-17(19-18(15)16(24)9-28-19)29-33-14-3-1-12(2-4-14)32-13-7-21(8-13)10-30(11-21)20(31)22(25,26)27/h1-6,9,13,28-29H,7-8,10-11H2. The summed E-state index contributed by atoms with van der Waals surface area (Å²) >= 11 is 13.8. The summed E-state index contributed by atoms with van der Waals surface area (Å²) in [7, 11) is 0. The fourth-order valence-corrected chi connectivity index (χ4v) is 5.71. The molecule has 0 atom stereocenters. The van der Waals surface area contributed by atoms with E-state index >= 15 is 0 Å². The molecule has 2 N–H and O–H groups in total. The second-order valence-electron chi connectivity index (χ2n) is 8.46. The van der Waals surface area contributed by atoms with Gasteiger partial charge in [-0.2, -0.15) is 13.2 Å². The van der Waals surface area contributed by atoms with Crippen molar-refractivity contribution >= 4 is 57.6 Å². The highest BCUT2D eigenvalue weighted by Crippen LogP contribution is 2.50. The van der Waals surface area contributed by atoms with Gasteiger partial charge in [0.1, 0.15) is 11.9 Å². The van der Waals surface area contributed by atoms with Gasteiger partial charge in [0.05, 0.1) is 21.2 Å². The number of H-pyrrole nitrogens is 1. The van der Waals surface area contributed by atoms with Gasteiger partial charge in [-0.1, -0.05) is 23.2 Å². The first-order valence-electron chi connectivity index (χ1n) is 10.1. The van der Waals surface area contributed by atoms with Gasteiger partial charge in [-0.15, -0.1) is 0 Å². The number of hydrogen-bond acceptors (Lipinski definition) is 4. The van der Waals surface area contributed by atoms with Crippen LogP contribution in [0.1, 0.15) is 12.8 Å². The Bertz CT molecular complexity index is 1200. The molecule has 1 saturated carbocycles. The van der Waals surface area contributed by atoms with Crippen LogP contribution in [-0.2, 0) is 4.79 Å². The second-order valence-corrected chi connectivity index (χ2v) is 10.2. The lowest BCUT2D eigenvalue weighted by Crippen LogP contribution is -2.67. The molecule has 5 nitrogen and oxygen atoms in total. The minimum absolute atomic E-state index is 0.0512. The molecule has 11 heteroatoms. The van der Waals surface area contributed by atoms with Gasteiger partial charge in [-0.25, -0.2) is 0 Å². The number of amides is 1. The maximum absolute atomic E-state index is 12.5. The summed E-state index contributed by atoms with van der Waals surface area (Å²) in [6, 6.07) is 11.2. The highest BCUT2D eigenvalue weighted by Gasteiger charge is 2.58. The monoisotopic (exact) mass is 515 g/mol. The number of fused-ring (bicyclic) bond motifs is 1. The largest absolute Gasteiger partial charge is 0.490 e. The minimum atomic E-state index is -4.80. The summed E-state index contributed by atoms with van der Waals surface area (Å²) in [6.07, 6.45) is -1.86. The number of rotatable bonds is 5. The van der Waals surface area contributed by atoms with Gasteiger partial charge < -0.3 is 19.3 Å². The first kappa shape index (κ1) is 22.6. The molecule has 1 aliphatic heterocycles. The molecule has 0 unspecified atom stereocenters. The van der Waals surface area contributed by atoms with Crippen molar-refractivity contribution < 1.29 is 22.7 Å². The van der Waals surface area contributed by atoms with Crippen LogP contribution in [0.5, 0.6) is 5.75 Å². The number of anilines is 1. The van der Waals surface area contributed by atoms with E-state index in [-0.39, 0.29) is 24.6 Å². The lowest BCUT2D eigenvalue weighted by atomic mass is 9.61. The number of likely N-dealkylation sites (tertiary alicyclic amines) is 1. The van der Waals surface area contributed by atoms with Crippen LogP contribution >= 0.6 is 35.1 Å². The van der Waals surface area contributed by atoms with E-state index in [1.165, 1.54) is 11.9 Å². The fraction of sp³-hybridized carbons (Fsp3) is 0.318. The van der Waals surface area contributed by atoms with Crippen LogP contribution < -0.4 is 9.46 Å². The van der Waals surface area contributed by atoms with Gasteiger partial charge in [0, 0.05) is 35.0 Å². The van der Waals surface area contributed by atoms with Crippen molar-refractivity contribution in [2.45, 2.75) is 30.0 Å². The predicted octanol–water partition coefficient (Wildman–Crippen LogP) is 6.53. The smallest absolute Gasteiger partial charge is 0.471 e. The molecule has 1 amide bonds. The number of halogens is 5. The molecular weight excluding hydrogens is 498 g/mol. The maximum Gasteiger partial charge on any atom is 0.471 e. The molecule has 174 valence electrons. The summed E-state index contributed by atoms with van der Waals surface area (Å²) in [5.74, 6) is -1.05. The van der Waals surface area contributed by atoms with E-state index < -0.39 is 12.1 Å².